The highest BCUT2D eigenvalue weighted by atomic mass is 79.9. The van der Waals surface area contributed by atoms with Crippen LogP contribution in [0.5, 0.6) is 5.75 Å². The zero-order valence-electron chi connectivity index (χ0n) is 8.44. The van der Waals surface area contributed by atoms with Gasteiger partial charge in [0, 0.05) is 17.3 Å². The van der Waals surface area contributed by atoms with Gasteiger partial charge in [-0.25, -0.2) is 0 Å². The predicted molar refractivity (Wildman–Crippen MR) is 62.8 cm³/mol. The highest BCUT2D eigenvalue weighted by Gasteiger charge is 2.20. The number of methoxy groups -OCH3 is 1. The third-order valence-electron chi connectivity index (χ3n) is 2.31. The van der Waals surface area contributed by atoms with E-state index < -0.39 is 0 Å². The van der Waals surface area contributed by atoms with Crippen molar-refractivity contribution < 1.29 is 9.57 Å². The molecule has 0 bridgehead atoms. The standard InChI is InChI=1S/C11H12BrNO2/c1-14-9-4-2-3-8(5-9)11-6-10(7-12)15-13-11/h2-5,10H,6-7H2,1H3/t10-/m1/s1. The lowest BCUT2D eigenvalue weighted by molar-refractivity contribution is 0.104. The van der Waals surface area contributed by atoms with Crippen LogP contribution in [0.3, 0.4) is 0 Å². The number of rotatable bonds is 3. The molecular weight excluding hydrogens is 258 g/mol. The van der Waals surface area contributed by atoms with Crippen LogP contribution < -0.4 is 4.74 Å². The Bertz CT molecular complexity index is 379. The van der Waals surface area contributed by atoms with Crippen molar-refractivity contribution in [3.05, 3.63) is 29.8 Å². The minimum absolute atomic E-state index is 0.159. The zero-order chi connectivity index (χ0) is 10.7. The van der Waals surface area contributed by atoms with Gasteiger partial charge in [-0.2, -0.15) is 0 Å². The first-order valence-electron chi connectivity index (χ1n) is 4.76. The Balaban J connectivity index is 2.16. The monoisotopic (exact) mass is 269 g/mol. The number of halogens is 1. The number of ether oxygens (including phenoxy) is 1. The summed E-state index contributed by atoms with van der Waals surface area (Å²) in [4.78, 5) is 5.24. The first-order chi connectivity index (χ1) is 7.33. The molecular formula is C11H12BrNO2. The van der Waals surface area contributed by atoms with Crippen LogP contribution in [0.2, 0.25) is 0 Å². The van der Waals surface area contributed by atoms with Crippen LogP contribution in [0.4, 0.5) is 0 Å². The number of benzene rings is 1. The van der Waals surface area contributed by atoms with Gasteiger partial charge in [0.25, 0.3) is 0 Å². The molecule has 4 heteroatoms. The Hall–Kier alpha value is -1.03. The average Bonchev–Trinajstić information content (AvgIpc) is 2.78. The summed E-state index contributed by atoms with van der Waals surface area (Å²) >= 11 is 3.38. The maximum Gasteiger partial charge on any atom is 0.142 e. The number of hydrogen-bond acceptors (Lipinski definition) is 3. The lowest BCUT2D eigenvalue weighted by Gasteiger charge is -2.03. The molecule has 1 aromatic carbocycles. The molecule has 0 radical (unpaired) electrons. The average molecular weight is 270 g/mol. The summed E-state index contributed by atoms with van der Waals surface area (Å²) in [5, 5.41) is 4.87. The van der Waals surface area contributed by atoms with E-state index in [1.165, 1.54) is 0 Å². The number of alkyl halides is 1. The van der Waals surface area contributed by atoms with Gasteiger partial charge in [0.05, 0.1) is 12.8 Å². The predicted octanol–water partition coefficient (Wildman–Crippen LogP) is 2.58. The molecule has 1 aliphatic rings. The van der Waals surface area contributed by atoms with Gasteiger partial charge in [0.15, 0.2) is 0 Å². The second-order valence-corrected chi connectivity index (χ2v) is 4.00. The molecule has 1 aromatic rings. The lowest BCUT2D eigenvalue weighted by Crippen LogP contribution is -2.09. The van der Waals surface area contributed by atoms with Gasteiger partial charge in [-0.05, 0) is 12.1 Å². The summed E-state index contributed by atoms with van der Waals surface area (Å²) in [5.74, 6) is 0.845. The van der Waals surface area contributed by atoms with Gasteiger partial charge < -0.3 is 9.57 Å². The summed E-state index contributed by atoms with van der Waals surface area (Å²) in [6.07, 6.45) is 1.00. The molecule has 0 saturated heterocycles. The Morgan fingerprint density at radius 3 is 3.13 bits per heavy atom. The minimum Gasteiger partial charge on any atom is -0.497 e. The van der Waals surface area contributed by atoms with Crippen LogP contribution in [0.1, 0.15) is 12.0 Å². The van der Waals surface area contributed by atoms with Crippen molar-refractivity contribution in [1.82, 2.24) is 0 Å². The maximum absolute atomic E-state index is 5.24. The fourth-order valence-corrected chi connectivity index (χ4v) is 1.83. The molecule has 0 saturated carbocycles. The molecule has 15 heavy (non-hydrogen) atoms. The van der Waals surface area contributed by atoms with Crippen molar-refractivity contribution in [2.45, 2.75) is 12.5 Å². The third-order valence-corrected chi connectivity index (χ3v) is 3.03. The molecule has 80 valence electrons. The number of oxime groups is 1. The van der Waals surface area contributed by atoms with Crippen molar-refractivity contribution in [3.63, 3.8) is 0 Å². The molecule has 1 aliphatic heterocycles. The highest BCUT2D eigenvalue weighted by Crippen LogP contribution is 2.20. The Morgan fingerprint density at radius 2 is 2.47 bits per heavy atom. The maximum atomic E-state index is 5.24. The molecule has 1 atom stereocenters. The van der Waals surface area contributed by atoms with Crippen molar-refractivity contribution in [3.8, 4) is 5.75 Å². The topological polar surface area (TPSA) is 30.8 Å². The summed E-state index contributed by atoms with van der Waals surface area (Å²) in [6.45, 7) is 0. The molecule has 1 heterocycles. The molecule has 0 spiro atoms. The first kappa shape index (κ1) is 10.5. The minimum atomic E-state index is 0.159. The lowest BCUT2D eigenvalue weighted by atomic mass is 10.1. The SMILES string of the molecule is COc1cccc(C2=NO[C@@H](CBr)C2)c1. The Morgan fingerprint density at radius 1 is 1.60 bits per heavy atom. The normalized spacial score (nSPS) is 19.6. The Labute approximate surface area is 97.2 Å². The van der Waals surface area contributed by atoms with Gasteiger partial charge in [0.1, 0.15) is 11.9 Å². The van der Waals surface area contributed by atoms with E-state index in [-0.39, 0.29) is 6.10 Å². The fourth-order valence-electron chi connectivity index (χ4n) is 1.48. The largest absolute Gasteiger partial charge is 0.497 e. The van der Waals surface area contributed by atoms with Crippen LogP contribution in [0.15, 0.2) is 29.4 Å². The molecule has 0 unspecified atom stereocenters. The first-order valence-corrected chi connectivity index (χ1v) is 5.88. The van der Waals surface area contributed by atoms with Crippen LogP contribution in [-0.4, -0.2) is 24.3 Å². The van der Waals surface area contributed by atoms with Gasteiger partial charge in [-0.3, -0.25) is 0 Å². The van der Waals surface area contributed by atoms with E-state index in [0.29, 0.717) is 0 Å². The smallest absolute Gasteiger partial charge is 0.142 e. The van der Waals surface area contributed by atoms with E-state index in [2.05, 4.69) is 21.1 Å². The van der Waals surface area contributed by atoms with Gasteiger partial charge >= 0.3 is 0 Å². The van der Waals surface area contributed by atoms with Crippen LogP contribution in [-0.2, 0) is 4.84 Å². The van der Waals surface area contributed by atoms with E-state index >= 15 is 0 Å². The van der Waals surface area contributed by atoms with Gasteiger partial charge in [-0.15, -0.1) is 0 Å². The molecule has 0 fully saturated rings. The van der Waals surface area contributed by atoms with Crippen molar-refractivity contribution in [1.29, 1.82) is 0 Å². The second-order valence-electron chi connectivity index (χ2n) is 3.36. The molecule has 0 N–H and O–H groups in total. The molecule has 2 rings (SSSR count). The van der Waals surface area contributed by atoms with E-state index in [1.807, 2.05) is 24.3 Å². The Kier molecular flexibility index (Phi) is 3.26. The van der Waals surface area contributed by atoms with E-state index in [1.54, 1.807) is 7.11 Å². The zero-order valence-corrected chi connectivity index (χ0v) is 10.0. The molecule has 0 aliphatic carbocycles. The fraction of sp³-hybridized carbons (Fsp3) is 0.364. The van der Waals surface area contributed by atoms with E-state index in [0.717, 1.165) is 28.8 Å². The van der Waals surface area contributed by atoms with Gasteiger partial charge in [-0.1, -0.05) is 33.2 Å². The van der Waals surface area contributed by atoms with Crippen molar-refractivity contribution in [2.75, 3.05) is 12.4 Å². The summed E-state index contributed by atoms with van der Waals surface area (Å²) in [5.41, 5.74) is 2.05. The second kappa shape index (κ2) is 4.66. The van der Waals surface area contributed by atoms with Crippen LogP contribution in [0, 0.1) is 0 Å². The van der Waals surface area contributed by atoms with Crippen LogP contribution >= 0.6 is 15.9 Å². The van der Waals surface area contributed by atoms with Gasteiger partial charge in [0.2, 0.25) is 0 Å². The van der Waals surface area contributed by atoms with Crippen molar-refractivity contribution in [2.24, 2.45) is 5.16 Å². The highest BCUT2D eigenvalue weighted by molar-refractivity contribution is 9.09. The van der Waals surface area contributed by atoms with Crippen molar-refractivity contribution >= 4 is 21.6 Å². The van der Waals surface area contributed by atoms with Crippen LogP contribution in [0.25, 0.3) is 0 Å². The number of nitrogens with zero attached hydrogens (tertiary/aromatic N) is 1. The molecule has 3 nitrogen and oxygen atoms in total. The summed E-state index contributed by atoms with van der Waals surface area (Å²) in [7, 11) is 1.66. The summed E-state index contributed by atoms with van der Waals surface area (Å²) < 4.78 is 5.16. The molecule has 0 amide bonds. The summed E-state index contributed by atoms with van der Waals surface area (Å²) in [6, 6.07) is 7.86. The third kappa shape index (κ3) is 2.31. The van der Waals surface area contributed by atoms with E-state index in [9.17, 15) is 0 Å². The molecule has 0 aromatic heterocycles. The number of hydrogen-bond donors (Lipinski definition) is 0. The quantitative estimate of drug-likeness (QED) is 0.790. The van der Waals surface area contributed by atoms with E-state index in [4.69, 9.17) is 9.57 Å².